The molecule has 0 aromatic heterocycles. The average molecular weight is 108 g/mol. The molecule has 0 saturated heterocycles. The van der Waals surface area contributed by atoms with E-state index in [-0.39, 0.29) is 0 Å². The van der Waals surface area contributed by atoms with E-state index in [1.54, 1.807) is 25.7 Å². The topological polar surface area (TPSA) is 0 Å². The fourth-order valence-corrected chi connectivity index (χ4v) is 2.56. The van der Waals surface area contributed by atoms with Crippen LogP contribution in [0.5, 0.6) is 0 Å². The van der Waals surface area contributed by atoms with E-state index in [2.05, 4.69) is 7.85 Å². The Kier molecular flexibility index (Phi) is 0.932. The van der Waals surface area contributed by atoms with E-state index >= 15 is 0 Å². The van der Waals surface area contributed by atoms with Crippen molar-refractivity contribution in [2.45, 2.75) is 31.5 Å². The zero-order valence-corrected chi connectivity index (χ0v) is 5.56. The van der Waals surface area contributed by atoms with Gasteiger partial charge in [0, 0.05) is 0 Å². The van der Waals surface area contributed by atoms with Crippen molar-refractivity contribution in [2.24, 2.45) is 11.8 Å². The Morgan fingerprint density at radius 2 is 2.00 bits per heavy atom. The normalized spacial score (nSPS) is 52.8. The van der Waals surface area contributed by atoms with E-state index in [1.807, 2.05) is 0 Å². The van der Waals surface area contributed by atoms with Crippen molar-refractivity contribution in [2.75, 3.05) is 0 Å². The van der Waals surface area contributed by atoms with Gasteiger partial charge in [-0.3, -0.25) is 0 Å². The van der Waals surface area contributed by atoms with Crippen molar-refractivity contribution in [3.05, 3.63) is 0 Å². The summed E-state index contributed by atoms with van der Waals surface area (Å²) >= 11 is 0. The van der Waals surface area contributed by atoms with Crippen molar-refractivity contribution >= 4 is 7.85 Å². The lowest BCUT2D eigenvalue weighted by molar-refractivity contribution is 0.480. The molecular weight excluding hydrogens is 94.9 g/mol. The largest absolute Gasteiger partial charge is 0.105 e. The highest BCUT2D eigenvalue weighted by Crippen LogP contribution is 2.49. The monoisotopic (exact) mass is 108 g/mol. The predicted octanol–water partition coefficient (Wildman–Crippen LogP) is 1.23. The summed E-state index contributed by atoms with van der Waals surface area (Å²) < 4.78 is 0. The molecule has 2 rings (SSSR count). The Bertz CT molecular complexity index is 98.6. The highest BCUT2D eigenvalue weighted by Gasteiger charge is 2.36. The van der Waals surface area contributed by atoms with Gasteiger partial charge in [0.2, 0.25) is 0 Å². The van der Waals surface area contributed by atoms with Gasteiger partial charge in [0.1, 0.15) is 7.85 Å². The molecule has 0 radical (unpaired) electrons. The van der Waals surface area contributed by atoms with Gasteiger partial charge in [-0.25, -0.2) is 0 Å². The summed E-state index contributed by atoms with van der Waals surface area (Å²) in [6.07, 6.45) is 6.21. The summed E-state index contributed by atoms with van der Waals surface area (Å²) in [5, 5.41) is 0. The smallest absolute Gasteiger partial charge is 0.0667 e. The Labute approximate surface area is 52.1 Å². The van der Waals surface area contributed by atoms with Gasteiger partial charge in [-0.1, -0.05) is 25.1 Å². The summed E-state index contributed by atoms with van der Waals surface area (Å²) in [7, 11) is 2.42. The lowest BCUT2D eigenvalue weighted by Crippen LogP contribution is -2.02. The van der Waals surface area contributed by atoms with Crippen molar-refractivity contribution in [1.82, 2.24) is 0 Å². The van der Waals surface area contributed by atoms with Crippen molar-refractivity contribution in [3.8, 4) is 0 Å². The standard InChI is InChI=1S/C7H13B/c8-7-4-5-1-2-6(7)3-5/h5-7H,1-4,8H2/t5-,6-,7-/m1/s1. The van der Waals surface area contributed by atoms with E-state index in [0.717, 1.165) is 17.7 Å². The molecule has 2 aliphatic rings. The molecule has 0 unspecified atom stereocenters. The van der Waals surface area contributed by atoms with Crippen LogP contribution < -0.4 is 0 Å². The molecule has 44 valence electrons. The van der Waals surface area contributed by atoms with Gasteiger partial charge < -0.3 is 0 Å². The first kappa shape index (κ1) is 4.90. The minimum atomic E-state index is 1.08. The third-order valence-corrected chi connectivity index (χ3v) is 3.09. The molecule has 0 spiro atoms. The summed E-state index contributed by atoms with van der Waals surface area (Å²) in [4.78, 5) is 0. The second kappa shape index (κ2) is 1.52. The van der Waals surface area contributed by atoms with E-state index in [4.69, 9.17) is 0 Å². The number of rotatable bonds is 0. The van der Waals surface area contributed by atoms with E-state index < -0.39 is 0 Å². The lowest BCUT2D eigenvalue weighted by atomic mass is 9.75. The second-order valence-electron chi connectivity index (χ2n) is 3.65. The SMILES string of the molecule is B[C@@H]1C[C@@H]2CC[C@@H]1C2. The zero-order chi connectivity index (χ0) is 5.56. The fourth-order valence-electron chi connectivity index (χ4n) is 2.56. The molecule has 0 aliphatic heterocycles. The van der Waals surface area contributed by atoms with Crippen molar-refractivity contribution in [3.63, 3.8) is 0 Å². The zero-order valence-electron chi connectivity index (χ0n) is 5.56. The predicted molar refractivity (Wildman–Crippen MR) is 37.7 cm³/mol. The van der Waals surface area contributed by atoms with Gasteiger partial charge in [0.25, 0.3) is 0 Å². The van der Waals surface area contributed by atoms with Crippen LogP contribution in [0.3, 0.4) is 0 Å². The van der Waals surface area contributed by atoms with Gasteiger partial charge in [0.15, 0.2) is 0 Å². The number of hydrogen-bond acceptors (Lipinski definition) is 0. The molecule has 3 atom stereocenters. The fraction of sp³-hybridized carbons (Fsp3) is 1.00. The van der Waals surface area contributed by atoms with Crippen molar-refractivity contribution in [1.29, 1.82) is 0 Å². The first-order valence-electron chi connectivity index (χ1n) is 3.86. The van der Waals surface area contributed by atoms with Crippen LogP contribution in [0.4, 0.5) is 0 Å². The number of hydrogen-bond donors (Lipinski definition) is 0. The molecule has 0 nitrogen and oxygen atoms in total. The van der Waals surface area contributed by atoms with Gasteiger partial charge in [-0.05, 0) is 18.3 Å². The highest BCUT2D eigenvalue weighted by atomic mass is 14.4. The first-order valence-corrected chi connectivity index (χ1v) is 3.86. The van der Waals surface area contributed by atoms with Crippen LogP contribution in [0, 0.1) is 11.8 Å². The molecule has 0 aromatic carbocycles. The van der Waals surface area contributed by atoms with Gasteiger partial charge in [0.05, 0.1) is 0 Å². The summed E-state index contributed by atoms with van der Waals surface area (Å²) in [6.45, 7) is 0. The Morgan fingerprint density at radius 3 is 2.25 bits per heavy atom. The summed E-state index contributed by atoms with van der Waals surface area (Å²) in [6, 6.07) is 0. The maximum atomic E-state index is 2.42. The molecule has 0 aromatic rings. The second-order valence-corrected chi connectivity index (χ2v) is 3.65. The maximum Gasteiger partial charge on any atom is 0.105 e. The third kappa shape index (κ3) is 0.534. The van der Waals surface area contributed by atoms with Crippen molar-refractivity contribution < 1.29 is 0 Å². The van der Waals surface area contributed by atoms with Gasteiger partial charge in [-0.15, -0.1) is 0 Å². The molecule has 0 N–H and O–H groups in total. The van der Waals surface area contributed by atoms with Gasteiger partial charge in [-0.2, -0.15) is 0 Å². The maximum absolute atomic E-state index is 2.42. The molecule has 0 amide bonds. The van der Waals surface area contributed by atoms with Crippen LogP contribution in [-0.2, 0) is 0 Å². The Hall–Kier alpha value is 0.0649. The van der Waals surface area contributed by atoms with E-state index in [0.29, 0.717) is 0 Å². The minimum Gasteiger partial charge on any atom is -0.0667 e. The highest BCUT2D eigenvalue weighted by molar-refractivity contribution is 6.12. The molecule has 2 bridgehead atoms. The van der Waals surface area contributed by atoms with Crippen LogP contribution in [0.15, 0.2) is 0 Å². The summed E-state index contributed by atoms with van der Waals surface area (Å²) in [5.74, 6) is 3.36. The van der Waals surface area contributed by atoms with Gasteiger partial charge >= 0.3 is 0 Å². The first-order chi connectivity index (χ1) is 3.86. The van der Waals surface area contributed by atoms with Crippen LogP contribution in [0.1, 0.15) is 25.7 Å². The van der Waals surface area contributed by atoms with E-state index in [1.165, 1.54) is 0 Å². The minimum absolute atomic E-state index is 1.08. The Morgan fingerprint density at radius 1 is 1.12 bits per heavy atom. The Balaban J connectivity index is 2.11. The molecule has 0 heterocycles. The van der Waals surface area contributed by atoms with Crippen LogP contribution >= 0.6 is 0 Å². The number of fused-ring (bicyclic) bond motifs is 2. The van der Waals surface area contributed by atoms with Crippen LogP contribution in [-0.4, -0.2) is 7.85 Å². The van der Waals surface area contributed by atoms with Crippen LogP contribution in [0.25, 0.3) is 0 Å². The van der Waals surface area contributed by atoms with E-state index in [9.17, 15) is 0 Å². The molecule has 2 aliphatic carbocycles. The molecule has 8 heavy (non-hydrogen) atoms. The third-order valence-electron chi connectivity index (χ3n) is 3.09. The molecule has 2 fully saturated rings. The van der Waals surface area contributed by atoms with Crippen LogP contribution in [0.2, 0.25) is 5.82 Å². The lowest BCUT2D eigenvalue weighted by Gasteiger charge is -2.15. The summed E-state index contributed by atoms with van der Waals surface area (Å²) in [5.41, 5.74) is 0. The quantitative estimate of drug-likeness (QED) is 0.409. The average Bonchev–Trinajstić information content (AvgIpc) is 2.23. The molecule has 1 heteroatoms. The molecule has 2 saturated carbocycles. The molecular formula is C7H13B.